The van der Waals surface area contributed by atoms with Crippen LogP contribution in [0.25, 0.3) is 10.9 Å². The Bertz CT molecular complexity index is 572. The van der Waals surface area contributed by atoms with Gasteiger partial charge in [0, 0.05) is 18.0 Å². The summed E-state index contributed by atoms with van der Waals surface area (Å²) in [6.45, 7) is 1.92. The third kappa shape index (κ3) is 2.76. The van der Waals surface area contributed by atoms with E-state index in [0.717, 1.165) is 42.5 Å². The number of rotatable bonds is 3. The zero-order valence-electron chi connectivity index (χ0n) is 10.8. The molecule has 19 heavy (non-hydrogen) atoms. The van der Waals surface area contributed by atoms with Gasteiger partial charge in [-0.25, -0.2) is 0 Å². The van der Waals surface area contributed by atoms with E-state index in [1.807, 2.05) is 24.3 Å². The molecule has 5 heteroatoms. The lowest BCUT2D eigenvalue weighted by molar-refractivity contribution is -0.121. The molecule has 0 radical (unpaired) electrons. The highest BCUT2D eigenvalue weighted by atomic mass is 16.1. The summed E-state index contributed by atoms with van der Waals surface area (Å²) in [4.78, 5) is 12.0. The van der Waals surface area contributed by atoms with Crippen LogP contribution in [-0.4, -0.2) is 35.2 Å². The number of hydrogen-bond donors (Lipinski definition) is 3. The fourth-order valence-corrected chi connectivity index (χ4v) is 2.56. The molecule has 0 saturated carbocycles. The van der Waals surface area contributed by atoms with Crippen molar-refractivity contribution in [3.05, 3.63) is 30.0 Å². The fraction of sp³-hybridized carbons (Fsp3) is 0.429. The van der Waals surface area contributed by atoms with E-state index in [9.17, 15) is 4.79 Å². The molecule has 0 bridgehead atoms. The van der Waals surface area contributed by atoms with E-state index in [4.69, 9.17) is 0 Å². The monoisotopic (exact) mass is 258 g/mol. The maximum absolute atomic E-state index is 12.0. The SMILES string of the molecule is O=C(Cc1[nH]nc2ccccc12)NC1CCCNC1. The maximum atomic E-state index is 12.0. The molecule has 1 saturated heterocycles. The Kier molecular flexibility index (Phi) is 3.46. The summed E-state index contributed by atoms with van der Waals surface area (Å²) >= 11 is 0. The van der Waals surface area contributed by atoms with E-state index in [1.54, 1.807) is 0 Å². The summed E-state index contributed by atoms with van der Waals surface area (Å²) in [5.41, 5.74) is 1.79. The number of aromatic amines is 1. The molecule has 3 rings (SSSR count). The average Bonchev–Trinajstić information content (AvgIpc) is 2.83. The zero-order chi connectivity index (χ0) is 13.1. The second-order valence-electron chi connectivity index (χ2n) is 5.01. The summed E-state index contributed by atoms with van der Waals surface area (Å²) < 4.78 is 0. The lowest BCUT2D eigenvalue weighted by Crippen LogP contribution is -2.46. The molecule has 1 aliphatic rings. The number of piperidine rings is 1. The normalized spacial score (nSPS) is 19.5. The molecule has 1 aromatic carbocycles. The van der Waals surface area contributed by atoms with E-state index in [0.29, 0.717) is 6.42 Å². The highest BCUT2D eigenvalue weighted by molar-refractivity contribution is 5.87. The standard InChI is InChI=1S/C14H18N4O/c19-14(16-10-4-3-7-15-9-10)8-13-11-5-1-2-6-12(11)17-18-13/h1-2,5-6,10,15H,3-4,7-9H2,(H,16,19)(H,17,18). The van der Waals surface area contributed by atoms with Gasteiger partial charge in [-0.1, -0.05) is 18.2 Å². The van der Waals surface area contributed by atoms with Gasteiger partial charge in [0.1, 0.15) is 0 Å². The summed E-state index contributed by atoms with van der Waals surface area (Å²) in [6.07, 6.45) is 2.54. The molecule has 5 nitrogen and oxygen atoms in total. The molecule has 0 spiro atoms. The van der Waals surface area contributed by atoms with E-state index in [2.05, 4.69) is 20.8 Å². The molecule has 1 amide bonds. The predicted octanol–water partition coefficient (Wildman–Crippen LogP) is 0.974. The lowest BCUT2D eigenvalue weighted by atomic mass is 10.1. The van der Waals surface area contributed by atoms with Gasteiger partial charge in [-0.05, 0) is 25.5 Å². The number of aromatic nitrogens is 2. The van der Waals surface area contributed by atoms with Crippen molar-refractivity contribution in [3.8, 4) is 0 Å². The van der Waals surface area contributed by atoms with Crippen molar-refractivity contribution < 1.29 is 4.79 Å². The van der Waals surface area contributed by atoms with Crippen molar-refractivity contribution in [1.29, 1.82) is 0 Å². The van der Waals surface area contributed by atoms with Gasteiger partial charge >= 0.3 is 0 Å². The van der Waals surface area contributed by atoms with Crippen LogP contribution in [0.15, 0.2) is 24.3 Å². The van der Waals surface area contributed by atoms with Gasteiger partial charge in [0.15, 0.2) is 0 Å². The maximum Gasteiger partial charge on any atom is 0.226 e. The van der Waals surface area contributed by atoms with Crippen LogP contribution in [0.4, 0.5) is 0 Å². The van der Waals surface area contributed by atoms with Crippen molar-refractivity contribution in [2.75, 3.05) is 13.1 Å². The fourth-order valence-electron chi connectivity index (χ4n) is 2.56. The predicted molar refractivity (Wildman–Crippen MR) is 73.8 cm³/mol. The first-order valence-corrected chi connectivity index (χ1v) is 6.75. The number of carbonyl (C=O) groups is 1. The molecule has 0 aliphatic carbocycles. The molecule has 2 heterocycles. The smallest absolute Gasteiger partial charge is 0.226 e. The molecule has 1 atom stereocenters. The quantitative estimate of drug-likeness (QED) is 0.768. The second kappa shape index (κ2) is 5.40. The number of H-pyrrole nitrogens is 1. The minimum Gasteiger partial charge on any atom is -0.352 e. The van der Waals surface area contributed by atoms with Gasteiger partial charge in [-0.2, -0.15) is 5.10 Å². The Labute approximate surface area is 111 Å². The van der Waals surface area contributed by atoms with Crippen LogP contribution in [0.2, 0.25) is 0 Å². The summed E-state index contributed by atoms with van der Waals surface area (Å²) in [6, 6.07) is 8.10. The van der Waals surface area contributed by atoms with Crippen LogP contribution in [0.3, 0.4) is 0 Å². The molecule has 1 aromatic heterocycles. The summed E-state index contributed by atoms with van der Waals surface area (Å²) in [5.74, 6) is 0.0584. The number of fused-ring (bicyclic) bond motifs is 1. The number of para-hydroxylation sites is 1. The van der Waals surface area contributed by atoms with Gasteiger partial charge in [0.2, 0.25) is 5.91 Å². The van der Waals surface area contributed by atoms with E-state index < -0.39 is 0 Å². The van der Waals surface area contributed by atoms with Crippen LogP contribution in [-0.2, 0) is 11.2 Å². The Morgan fingerprint density at radius 1 is 1.42 bits per heavy atom. The second-order valence-corrected chi connectivity index (χ2v) is 5.01. The highest BCUT2D eigenvalue weighted by Gasteiger charge is 2.16. The van der Waals surface area contributed by atoms with Gasteiger partial charge in [0.05, 0.1) is 17.6 Å². The van der Waals surface area contributed by atoms with Crippen molar-refractivity contribution in [3.63, 3.8) is 0 Å². The summed E-state index contributed by atoms with van der Waals surface area (Å²) in [5, 5.41) is 14.6. The first kappa shape index (κ1) is 12.2. The molecular formula is C14H18N4O. The molecular weight excluding hydrogens is 240 g/mol. The molecule has 100 valence electrons. The Hall–Kier alpha value is -1.88. The van der Waals surface area contributed by atoms with Gasteiger partial charge in [-0.15, -0.1) is 0 Å². The number of hydrogen-bond acceptors (Lipinski definition) is 3. The van der Waals surface area contributed by atoms with Gasteiger partial charge < -0.3 is 10.6 Å². The van der Waals surface area contributed by atoms with Gasteiger partial charge in [-0.3, -0.25) is 9.89 Å². The molecule has 1 unspecified atom stereocenters. The molecule has 3 N–H and O–H groups in total. The minimum absolute atomic E-state index is 0.0584. The van der Waals surface area contributed by atoms with Crippen molar-refractivity contribution >= 4 is 16.8 Å². The third-order valence-electron chi connectivity index (χ3n) is 3.54. The number of nitrogens with one attached hydrogen (secondary N) is 3. The average molecular weight is 258 g/mol. The molecule has 2 aromatic rings. The Balaban J connectivity index is 1.65. The van der Waals surface area contributed by atoms with Crippen molar-refractivity contribution in [2.45, 2.75) is 25.3 Å². The van der Waals surface area contributed by atoms with Crippen LogP contribution >= 0.6 is 0 Å². The number of benzene rings is 1. The van der Waals surface area contributed by atoms with Gasteiger partial charge in [0.25, 0.3) is 0 Å². The van der Waals surface area contributed by atoms with Crippen LogP contribution in [0.5, 0.6) is 0 Å². The molecule has 1 aliphatic heterocycles. The van der Waals surface area contributed by atoms with E-state index in [1.165, 1.54) is 0 Å². The van der Waals surface area contributed by atoms with Crippen LogP contribution in [0.1, 0.15) is 18.5 Å². The molecule has 1 fully saturated rings. The zero-order valence-corrected chi connectivity index (χ0v) is 10.8. The number of carbonyl (C=O) groups excluding carboxylic acids is 1. The first-order valence-electron chi connectivity index (χ1n) is 6.75. The van der Waals surface area contributed by atoms with Crippen LogP contribution < -0.4 is 10.6 Å². The van der Waals surface area contributed by atoms with Crippen molar-refractivity contribution in [2.24, 2.45) is 0 Å². The van der Waals surface area contributed by atoms with E-state index >= 15 is 0 Å². The topological polar surface area (TPSA) is 69.8 Å². The Morgan fingerprint density at radius 3 is 3.16 bits per heavy atom. The minimum atomic E-state index is 0.0584. The largest absolute Gasteiger partial charge is 0.352 e. The van der Waals surface area contributed by atoms with E-state index in [-0.39, 0.29) is 11.9 Å². The lowest BCUT2D eigenvalue weighted by Gasteiger charge is -2.23. The first-order chi connectivity index (χ1) is 9.33. The third-order valence-corrected chi connectivity index (χ3v) is 3.54. The number of amides is 1. The Morgan fingerprint density at radius 2 is 2.32 bits per heavy atom. The summed E-state index contributed by atoms with van der Waals surface area (Å²) in [7, 11) is 0. The highest BCUT2D eigenvalue weighted by Crippen LogP contribution is 2.15. The van der Waals surface area contributed by atoms with Crippen LogP contribution in [0, 0.1) is 0 Å². The number of nitrogens with zero attached hydrogens (tertiary/aromatic N) is 1. The van der Waals surface area contributed by atoms with Crippen molar-refractivity contribution in [1.82, 2.24) is 20.8 Å².